The fourth-order valence-corrected chi connectivity index (χ4v) is 4.66. The van der Waals surface area contributed by atoms with Gasteiger partial charge in [0.25, 0.3) is 11.6 Å². The Bertz CT molecular complexity index is 1680. The number of non-ortho nitro benzene ring substituents is 1. The van der Waals surface area contributed by atoms with Gasteiger partial charge in [-0.1, -0.05) is 24.3 Å². The first-order valence-corrected chi connectivity index (χ1v) is 12.7. The molecule has 0 saturated carbocycles. The summed E-state index contributed by atoms with van der Waals surface area (Å²) in [5.74, 6) is -0.206. The van der Waals surface area contributed by atoms with Gasteiger partial charge < -0.3 is 24.1 Å². The number of nitro groups is 1. The highest BCUT2D eigenvalue weighted by Gasteiger charge is 2.23. The zero-order valence-corrected chi connectivity index (χ0v) is 22.2. The molecule has 0 unspecified atom stereocenters. The van der Waals surface area contributed by atoms with Crippen LogP contribution in [0.4, 0.5) is 17.1 Å². The maximum Gasteiger partial charge on any atom is 0.344 e. The second kappa shape index (κ2) is 11.5. The van der Waals surface area contributed by atoms with Crippen molar-refractivity contribution in [2.24, 2.45) is 0 Å². The molecule has 204 valence electrons. The number of thiocarbonyl (C=S) groups is 1. The van der Waals surface area contributed by atoms with Crippen molar-refractivity contribution in [3.05, 3.63) is 92.8 Å². The Morgan fingerprint density at radius 2 is 1.85 bits per heavy atom. The molecule has 1 saturated heterocycles. The second-order valence-corrected chi connectivity index (χ2v) is 9.27. The molecule has 0 aliphatic carbocycles. The smallest absolute Gasteiger partial charge is 0.344 e. The van der Waals surface area contributed by atoms with E-state index in [1.54, 1.807) is 42.5 Å². The highest BCUT2D eigenvalue weighted by atomic mass is 32.1. The fraction of sp³-hybridized carbons (Fsp3) is 0.179. The van der Waals surface area contributed by atoms with Gasteiger partial charge in [-0.3, -0.25) is 20.2 Å². The molecule has 2 N–H and O–H groups in total. The zero-order valence-electron chi connectivity index (χ0n) is 21.3. The van der Waals surface area contributed by atoms with E-state index < -0.39 is 16.5 Å². The third kappa shape index (κ3) is 5.63. The van der Waals surface area contributed by atoms with Gasteiger partial charge in [0, 0.05) is 30.6 Å². The molecule has 0 bridgehead atoms. The SMILES string of the molecule is COc1ccc(-c2cc3ccccc3oc2=O)cc1NC(=S)NC(=O)c1cc([N+](=O)[O-])ccc1N1CCOCC1. The third-order valence-electron chi connectivity index (χ3n) is 6.41. The number of morpholine rings is 1. The third-order valence-corrected chi connectivity index (χ3v) is 6.62. The molecule has 1 amide bonds. The molecule has 2 heterocycles. The Balaban J connectivity index is 1.41. The standard InChI is InChI=1S/C28H24N4O7S/c1-37-25-9-6-17(20-14-18-4-2-3-5-24(18)39-27(20)34)15-22(25)29-28(40)30-26(33)21-16-19(32(35)36)7-8-23(21)31-10-12-38-13-11-31/h2-9,14-16H,10-13H2,1H3,(H2,29,30,33,40). The van der Waals surface area contributed by atoms with E-state index in [0.717, 1.165) is 5.39 Å². The molecule has 1 aliphatic rings. The van der Waals surface area contributed by atoms with Gasteiger partial charge in [0.2, 0.25) is 0 Å². The summed E-state index contributed by atoms with van der Waals surface area (Å²) >= 11 is 5.41. The fourth-order valence-electron chi connectivity index (χ4n) is 4.46. The number of hydrogen-bond donors (Lipinski definition) is 2. The van der Waals surface area contributed by atoms with E-state index >= 15 is 0 Å². The predicted molar refractivity (Wildman–Crippen MR) is 154 cm³/mol. The number of nitro benzene ring substituents is 1. The van der Waals surface area contributed by atoms with Gasteiger partial charge in [-0.05, 0) is 48.1 Å². The zero-order chi connectivity index (χ0) is 28.2. The van der Waals surface area contributed by atoms with Crippen molar-refractivity contribution in [3.63, 3.8) is 0 Å². The number of rotatable bonds is 6. The summed E-state index contributed by atoms with van der Waals surface area (Å²) < 4.78 is 16.3. The van der Waals surface area contributed by atoms with Crippen molar-refractivity contribution in [3.8, 4) is 16.9 Å². The maximum absolute atomic E-state index is 13.3. The summed E-state index contributed by atoms with van der Waals surface area (Å²) in [5.41, 5.74) is 1.68. The summed E-state index contributed by atoms with van der Waals surface area (Å²) in [6.07, 6.45) is 0. The van der Waals surface area contributed by atoms with Crippen LogP contribution in [-0.4, -0.2) is 49.4 Å². The number of amides is 1. The predicted octanol–water partition coefficient (Wildman–Crippen LogP) is 4.34. The van der Waals surface area contributed by atoms with E-state index in [4.69, 9.17) is 26.1 Å². The van der Waals surface area contributed by atoms with Gasteiger partial charge in [-0.2, -0.15) is 0 Å². The van der Waals surface area contributed by atoms with Gasteiger partial charge >= 0.3 is 5.63 Å². The van der Waals surface area contributed by atoms with Crippen molar-refractivity contribution in [1.29, 1.82) is 0 Å². The van der Waals surface area contributed by atoms with Crippen molar-refractivity contribution in [1.82, 2.24) is 5.32 Å². The summed E-state index contributed by atoms with van der Waals surface area (Å²) in [5, 5.41) is 17.6. The first-order valence-electron chi connectivity index (χ1n) is 12.3. The van der Waals surface area contributed by atoms with E-state index in [1.807, 2.05) is 17.0 Å². The Morgan fingerprint density at radius 3 is 2.60 bits per heavy atom. The molecule has 11 nitrogen and oxygen atoms in total. The lowest BCUT2D eigenvalue weighted by Crippen LogP contribution is -2.39. The van der Waals surface area contributed by atoms with Crippen molar-refractivity contribution in [2.45, 2.75) is 0 Å². The van der Waals surface area contributed by atoms with Crippen LogP contribution in [0.2, 0.25) is 0 Å². The first-order chi connectivity index (χ1) is 19.3. The summed E-state index contributed by atoms with van der Waals surface area (Å²) in [6.45, 7) is 2.02. The molecule has 40 heavy (non-hydrogen) atoms. The van der Waals surface area contributed by atoms with Gasteiger partial charge in [0.15, 0.2) is 5.11 Å². The van der Waals surface area contributed by atoms with E-state index in [9.17, 15) is 19.7 Å². The van der Waals surface area contributed by atoms with Crippen molar-refractivity contribution < 1.29 is 23.6 Å². The lowest BCUT2D eigenvalue weighted by Gasteiger charge is -2.30. The molecule has 0 radical (unpaired) electrons. The van der Waals surface area contributed by atoms with Crippen LogP contribution in [0.3, 0.4) is 0 Å². The van der Waals surface area contributed by atoms with Gasteiger partial charge in [-0.15, -0.1) is 0 Å². The minimum atomic E-state index is -0.618. The number of hydrogen-bond acceptors (Lipinski definition) is 9. The van der Waals surface area contributed by atoms with Crippen LogP contribution in [0.15, 0.2) is 75.9 Å². The Hall–Kier alpha value is -4.81. The monoisotopic (exact) mass is 560 g/mol. The van der Waals surface area contributed by atoms with Gasteiger partial charge in [0.1, 0.15) is 11.3 Å². The lowest BCUT2D eigenvalue weighted by atomic mass is 10.0. The lowest BCUT2D eigenvalue weighted by molar-refractivity contribution is -0.384. The minimum Gasteiger partial charge on any atom is -0.495 e. The number of nitrogens with one attached hydrogen (secondary N) is 2. The summed E-state index contributed by atoms with van der Waals surface area (Å²) in [7, 11) is 1.48. The minimum absolute atomic E-state index is 0.0644. The number of anilines is 2. The number of benzene rings is 3. The van der Waals surface area contributed by atoms with Crippen molar-refractivity contribution >= 4 is 51.3 Å². The van der Waals surface area contributed by atoms with Crippen LogP contribution in [0.25, 0.3) is 22.1 Å². The Kier molecular flexibility index (Phi) is 7.71. The largest absolute Gasteiger partial charge is 0.495 e. The molecule has 0 atom stereocenters. The number of carbonyl (C=O) groups is 1. The number of fused-ring (bicyclic) bond motifs is 1. The second-order valence-electron chi connectivity index (χ2n) is 8.87. The van der Waals surface area contributed by atoms with Gasteiger partial charge in [-0.25, -0.2) is 4.79 Å². The Labute approximate surface area is 233 Å². The quantitative estimate of drug-likeness (QED) is 0.152. The number of carbonyl (C=O) groups excluding carboxylic acids is 1. The molecule has 0 spiro atoms. The van der Waals surface area contributed by atoms with E-state index in [2.05, 4.69) is 10.6 Å². The Morgan fingerprint density at radius 1 is 1.07 bits per heavy atom. The van der Waals surface area contributed by atoms with Crippen LogP contribution in [-0.2, 0) is 4.74 Å². The maximum atomic E-state index is 13.3. The topological polar surface area (TPSA) is 136 Å². The summed E-state index contributed by atoms with van der Waals surface area (Å²) in [6, 6.07) is 18.1. The highest BCUT2D eigenvalue weighted by Crippen LogP contribution is 2.31. The average molecular weight is 561 g/mol. The average Bonchev–Trinajstić information content (AvgIpc) is 2.96. The van der Waals surface area contributed by atoms with Crippen LogP contribution in [0.1, 0.15) is 10.4 Å². The molecule has 3 aromatic carbocycles. The molecule has 1 fully saturated rings. The van der Waals surface area contributed by atoms with Crippen LogP contribution >= 0.6 is 12.2 Å². The molecule has 1 aliphatic heterocycles. The van der Waals surface area contributed by atoms with Crippen LogP contribution < -0.4 is 25.9 Å². The number of methoxy groups -OCH3 is 1. The summed E-state index contributed by atoms with van der Waals surface area (Å²) in [4.78, 5) is 38.8. The first kappa shape index (κ1) is 26.8. The van der Waals surface area contributed by atoms with E-state index in [1.165, 1.54) is 19.2 Å². The normalized spacial score (nSPS) is 13.1. The molecule has 5 rings (SSSR count). The van der Waals surface area contributed by atoms with Crippen LogP contribution in [0, 0.1) is 10.1 Å². The van der Waals surface area contributed by atoms with Gasteiger partial charge in [0.05, 0.1) is 47.7 Å². The van der Waals surface area contributed by atoms with Crippen molar-refractivity contribution in [2.75, 3.05) is 43.6 Å². The number of nitrogens with zero attached hydrogens (tertiary/aromatic N) is 2. The molecule has 12 heteroatoms. The number of ether oxygens (including phenoxy) is 2. The highest BCUT2D eigenvalue weighted by molar-refractivity contribution is 7.80. The molecular formula is C28H24N4O7S. The molecule has 4 aromatic rings. The van der Waals surface area contributed by atoms with E-state index in [-0.39, 0.29) is 16.4 Å². The number of para-hydroxylation sites is 1. The van der Waals surface area contributed by atoms with E-state index in [0.29, 0.717) is 60.1 Å². The molecular weight excluding hydrogens is 536 g/mol. The van der Waals surface area contributed by atoms with Crippen LogP contribution in [0.5, 0.6) is 5.75 Å². The molecule has 1 aromatic heterocycles.